The van der Waals surface area contributed by atoms with E-state index in [2.05, 4.69) is 15.6 Å². The summed E-state index contributed by atoms with van der Waals surface area (Å²) < 4.78 is 7.14. The largest absolute Gasteiger partial charge is 0.496 e. The first kappa shape index (κ1) is 17.9. The molecule has 2 aromatic heterocycles. The van der Waals surface area contributed by atoms with Crippen LogP contribution in [0, 0.1) is 6.92 Å². The van der Waals surface area contributed by atoms with E-state index in [9.17, 15) is 4.79 Å². The number of carbonyl (C=O) groups is 1. The van der Waals surface area contributed by atoms with E-state index < -0.39 is 0 Å². The molecule has 4 rings (SSSR count). The fraction of sp³-hybridized carbons (Fsp3) is 0.0952. The highest BCUT2D eigenvalue weighted by Gasteiger charge is 2.16. The molecule has 0 atom stereocenters. The molecule has 28 heavy (non-hydrogen) atoms. The number of fused-ring (bicyclic) bond motifs is 1. The van der Waals surface area contributed by atoms with Crippen molar-refractivity contribution in [3.8, 4) is 11.4 Å². The van der Waals surface area contributed by atoms with E-state index in [1.54, 1.807) is 13.3 Å². The van der Waals surface area contributed by atoms with Gasteiger partial charge in [-0.2, -0.15) is 10.2 Å². The van der Waals surface area contributed by atoms with Crippen LogP contribution < -0.4 is 10.2 Å². The molecule has 0 saturated heterocycles. The summed E-state index contributed by atoms with van der Waals surface area (Å²) in [6, 6.07) is 19.2. The summed E-state index contributed by atoms with van der Waals surface area (Å²) in [5.74, 6) is 0.437. The molecule has 0 fully saturated rings. The molecule has 7 heteroatoms. The minimum Gasteiger partial charge on any atom is -0.496 e. The van der Waals surface area contributed by atoms with Gasteiger partial charge in [0.05, 0.1) is 29.6 Å². The molecule has 2 aromatic carbocycles. The van der Waals surface area contributed by atoms with E-state index in [0.717, 1.165) is 27.2 Å². The molecule has 2 heterocycles. The Hall–Kier alpha value is -3.45. The summed E-state index contributed by atoms with van der Waals surface area (Å²) in [5, 5.41) is 9.62. The fourth-order valence-corrected chi connectivity index (χ4v) is 3.96. The maximum Gasteiger partial charge on any atom is 0.281 e. The van der Waals surface area contributed by atoms with Gasteiger partial charge in [0.2, 0.25) is 0 Å². The lowest BCUT2D eigenvalue weighted by Crippen LogP contribution is -2.16. The number of methoxy groups -OCH3 is 1. The summed E-state index contributed by atoms with van der Waals surface area (Å²) in [6.45, 7) is 1.94. The van der Waals surface area contributed by atoms with Gasteiger partial charge in [-0.3, -0.25) is 4.79 Å². The topological polar surface area (TPSA) is 68.5 Å². The zero-order chi connectivity index (χ0) is 19.5. The number of hydrogen-bond acceptors (Lipinski definition) is 5. The van der Waals surface area contributed by atoms with Crippen LogP contribution in [0.2, 0.25) is 0 Å². The smallest absolute Gasteiger partial charge is 0.281 e. The Balaban J connectivity index is 1.58. The molecular weight excluding hydrogens is 372 g/mol. The predicted octanol–water partition coefficient (Wildman–Crippen LogP) is 4.17. The Morgan fingerprint density at radius 1 is 1.18 bits per heavy atom. The second-order valence-electron chi connectivity index (χ2n) is 6.10. The number of aromatic nitrogens is 2. The molecule has 6 nitrogen and oxygen atoms in total. The van der Waals surface area contributed by atoms with Gasteiger partial charge in [0.1, 0.15) is 10.6 Å². The maximum absolute atomic E-state index is 12.5. The number of carbonyl (C=O) groups excluding carboxylic acids is 1. The average molecular weight is 390 g/mol. The predicted molar refractivity (Wildman–Crippen MR) is 112 cm³/mol. The van der Waals surface area contributed by atoms with Crippen molar-refractivity contribution in [3.05, 3.63) is 76.8 Å². The Morgan fingerprint density at radius 2 is 1.93 bits per heavy atom. The van der Waals surface area contributed by atoms with Crippen LogP contribution in [0.1, 0.15) is 20.9 Å². The molecule has 140 valence electrons. The summed E-state index contributed by atoms with van der Waals surface area (Å²) in [7, 11) is 1.60. The standard InChI is InChI=1S/C21H18N4O2S/c1-14-17-12-19(28-21(17)25(24-14)16-9-4-3-5-10-16)20(26)23-22-13-15-8-6-7-11-18(15)27-2/h3-13H,1-2H3,(H,23,26)/b22-13+. The Morgan fingerprint density at radius 3 is 2.71 bits per heavy atom. The van der Waals surface area contributed by atoms with E-state index in [1.165, 1.54) is 11.3 Å². The van der Waals surface area contributed by atoms with Crippen molar-refractivity contribution < 1.29 is 9.53 Å². The van der Waals surface area contributed by atoms with Gasteiger partial charge in [-0.25, -0.2) is 10.1 Å². The van der Waals surface area contributed by atoms with Crippen molar-refractivity contribution >= 4 is 33.7 Å². The van der Waals surface area contributed by atoms with Crippen LogP contribution in [0.4, 0.5) is 0 Å². The third-order valence-corrected chi connectivity index (χ3v) is 5.39. The zero-order valence-electron chi connectivity index (χ0n) is 15.4. The number of thiophene rings is 1. The number of nitrogens with zero attached hydrogens (tertiary/aromatic N) is 3. The SMILES string of the molecule is COc1ccccc1/C=N/NC(=O)c1cc2c(C)nn(-c3ccccc3)c2s1. The Bertz CT molecular complexity index is 1160. The lowest BCUT2D eigenvalue weighted by atomic mass is 10.2. The number of aryl methyl sites for hydroxylation is 1. The molecule has 0 unspecified atom stereocenters. The maximum atomic E-state index is 12.5. The molecule has 1 amide bonds. The Labute approximate surface area is 166 Å². The van der Waals surface area contributed by atoms with Crippen LogP contribution in [-0.2, 0) is 0 Å². The first-order chi connectivity index (χ1) is 13.7. The van der Waals surface area contributed by atoms with Crippen molar-refractivity contribution in [1.29, 1.82) is 0 Å². The molecular formula is C21H18N4O2S. The quantitative estimate of drug-likeness (QED) is 0.411. The van der Waals surface area contributed by atoms with Gasteiger partial charge in [0, 0.05) is 10.9 Å². The van der Waals surface area contributed by atoms with E-state index >= 15 is 0 Å². The van der Waals surface area contributed by atoms with Gasteiger partial charge in [-0.1, -0.05) is 30.3 Å². The number of hydrogen-bond donors (Lipinski definition) is 1. The van der Waals surface area contributed by atoms with Gasteiger partial charge < -0.3 is 4.74 Å². The number of rotatable bonds is 5. The lowest BCUT2D eigenvalue weighted by molar-refractivity contribution is 0.0959. The molecule has 0 bridgehead atoms. The molecule has 0 aliphatic carbocycles. The number of hydrazone groups is 1. The van der Waals surface area contributed by atoms with Crippen LogP contribution in [0.3, 0.4) is 0 Å². The first-order valence-electron chi connectivity index (χ1n) is 8.68. The summed E-state index contributed by atoms with van der Waals surface area (Å²) in [5.41, 5.74) is 5.22. The summed E-state index contributed by atoms with van der Waals surface area (Å²) in [4.78, 5) is 14.1. The highest BCUT2D eigenvalue weighted by Crippen LogP contribution is 2.30. The number of amides is 1. The van der Waals surface area contributed by atoms with Gasteiger partial charge in [0.15, 0.2) is 0 Å². The van der Waals surface area contributed by atoms with Crippen LogP contribution in [0.5, 0.6) is 5.75 Å². The first-order valence-corrected chi connectivity index (χ1v) is 9.50. The van der Waals surface area contributed by atoms with E-state index in [4.69, 9.17) is 4.74 Å². The van der Waals surface area contributed by atoms with Crippen LogP contribution in [0.15, 0.2) is 65.8 Å². The molecule has 0 saturated carbocycles. The Kier molecular flexibility index (Phi) is 4.90. The van der Waals surface area contributed by atoms with Crippen molar-refractivity contribution in [3.63, 3.8) is 0 Å². The highest BCUT2D eigenvalue weighted by molar-refractivity contribution is 7.20. The summed E-state index contributed by atoms with van der Waals surface area (Å²) in [6.07, 6.45) is 1.57. The normalized spacial score (nSPS) is 11.2. The zero-order valence-corrected chi connectivity index (χ0v) is 16.2. The van der Waals surface area contributed by atoms with Crippen molar-refractivity contribution in [1.82, 2.24) is 15.2 Å². The van der Waals surface area contributed by atoms with Crippen molar-refractivity contribution in [2.75, 3.05) is 7.11 Å². The van der Waals surface area contributed by atoms with Crippen LogP contribution >= 0.6 is 11.3 Å². The van der Waals surface area contributed by atoms with Crippen LogP contribution in [-0.4, -0.2) is 29.0 Å². The second-order valence-corrected chi connectivity index (χ2v) is 7.13. The van der Waals surface area contributed by atoms with Crippen molar-refractivity contribution in [2.45, 2.75) is 6.92 Å². The molecule has 1 N–H and O–H groups in total. The average Bonchev–Trinajstić information content (AvgIpc) is 3.30. The summed E-state index contributed by atoms with van der Waals surface area (Å²) >= 11 is 1.39. The number of para-hydroxylation sites is 2. The lowest BCUT2D eigenvalue weighted by Gasteiger charge is -2.03. The van der Waals surface area contributed by atoms with Gasteiger partial charge in [-0.15, -0.1) is 11.3 Å². The van der Waals surface area contributed by atoms with Gasteiger partial charge >= 0.3 is 0 Å². The van der Waals surface area contributed by atoms with Gasteiger partial charge in [0.25, 0.3) is 5.91 Å². The molecule has 0 aliphatic heterocycles. The highest BCUT2D eigenvalue weighted by atomic mass is 32.1. The number of nitrogens with one attached hydrogen (secondary N) is 1. The molecule has 0 aliphatic rings. The minimum atomic E-state index is -0.258. The van der Waals surface area contributed by atoms with Gasteiger partial charge in [-0.05, 0) is 37.3 Å². The third-order valence-electron chi connectivity index (χ3n) is 4.28. The molecule has 0 spiro atoms. The number of ether oxygens (including phenoxy) is 1. The minimum absolute atomic E-state index is 0.258. The fourth-order valence-electron chi connectivity index (χ4n) is 2.89. The molecule has 0 radical (unpaired) electrons. The van der Waals surface area contributed by atoms with E-state index in [1.807, 2.05) is 72.3 Å². The van der Waals surface area contributed by atoms with E-state index in [-0.39, 0.29) is 5.91 Å². The van der Waals surface area contributed by atoms with Crippen molar-refractivity contribution in [2.24, 2.45) is 5.10 Å². The molecule has 4 aromatic rings. The van der Waals surface area contributed by atoms with Crippen LogP contribution in [0.25, 0.3) is 15.9 Å². The monoisotopic (exact) mass is 390 g/mol. The van der Waals surface area contributed by atoms with E-state index in [0.29, 0.717) is 10.6 Å². The second kappa shape index (κ2) is 7.66. The number of benzene rings is 2. The third kappa shape index (κ3) is 3.39.